The fourth-order valence-corrected chi connectivity index (χ4v) is 1.33. The van der Waals surface area contributed by atoms with Crippen LogP contribution in [0.15, 0.2) is 24.4 Å². The summed E-state index contributed by atoms with van der Waals surface area (Å²) in [5.41, 5.74) is 1.36. The molecule has 0 spiro atoms. The van der Waals surface area contributed by atoms with Crippen LogP contribution in [-0.2, 0) is 6.42 Å². The zero-order valence-corrected chi connectivity index (χ0v) is 9.52. The molecule has 1 aromatic heterocycles. The highest BCUT2D eigenvalue weighted by atomic mass is 16.9. The number of pyridine rings is 1. The average molecular weight is 226 g/mol. The second-order valence-corrected chi connectivity index (χ2v) is 3.42. The van der Waals surface area contributed by atoms with Crippen LogP contribution in [0.3, 0.4) is 0 Å². The number of H-pyrrole nitrogens is 1. The highest BCUT2D eigenvalue weighted by molar-refractivity contribution is 4.96. The molecule has 0 saturated heterocycles. The van der Waals surface area contributed by atoms with E-state index >= 15 is 0 Å². The number of nitrogens with one attached hydrogen (secondary N) is 1. The van der Waals surface area contributed by atoms with E-state index in [1.807, 2.05) is 12.3 Å². The summed E-state index contributed by atoms with van der Waals surface area (Å²) in [5, 5.41) is 14.8. The van der Waals surface area contributed by atoms with E-state index < -0.39 is 5.09 Å². The van der Waals surface area contributed by atoms with Gasteiger partial charge in [0.2, 0.25) is 0 Å². The Labute approximate surface area is 95.2 Å². The standard InChI is InChI=1S/C11H17N.NO3/c1-2-3-4-5-8-11-9-6-7-10-12-11;2-1(3)4/h6-7,9-10H,2-5,8H2,1H3;/q;-1/p+1. The van der Waals surface area contributed by atoms with Gasteiger partial charge < -0.3 is 15.3 Å². The molecule has 1 rings (SSSR count). The van der Waals surface area contributed by atoms with Crippen molar-refractivity contribution >= 4 is 0 Å². The summed E-state index contributed by atoms with van der Waals surface area (Å²) in [6.07, 6.45) is 8.55. The van der Waals surface area contributed by atoms with Crippen LogP contribution in [0.25, 0.3) is 0 Å². The molecule has 0 fully saturated rings. The summed E-state index contributed by atoms with van der Waals surface area (Å²) in [4.78, 5) is 11.5. The third kappa shape index (κ3) is 10.4. The zero-order valence-electron chi connectivity index (χ0n) is 9.52. The van der Waals surface area contributed by atoms with Gasteiger partial charge in [0.05, 0.1) is 5.09 Å². The van der Waals surface area contributed by atoms with Gasteiger partial charge in [0.1, 0.15) is 0 Å². The summed E-state index contributed by atoms with van der Waals surface area (Å²) in [6.45, 7) is 2.24. The van der Waals surface area contributed by atoms with Crippen molar-refractivity contribution in [2.24, 2.45) is 0 Å². The molecule has 1 aromatic rings. The first kappa shape index (κ1) is 14.3. The fourth-order valence-electron chi connectivity index (χ4n) is 1.33. The van der Waals surface area contributed by atoms with Crippen LogP contribution in [0.1, 0.15) is 38.3 Å². The quantitative estimate of drug-likeness (QED) is 0.439. The topological polar surface area (TPSA) is 80.3 Å². The third-order valence-electron chi connectivity index (χ3n) is 2.07. The predicted octanol–water partition coefficient (Wildman–Crippen LogP) is 2.38. The Morgan fingerprint density at radius 1 is 1.25 bits per heavy atom. The average Bonchev–Trinajstić information content (AvgIpc) is 2.25. The Balaban J connectivity index is 0.000000487. The summed E-state index contributed by atoms with van der Waals surface area (Å²) < 4.78 is 0. The number of aryl methyl sites for hydroxylation is 1. The smallest absolute Gasteiger partial charge is 0.179 e. The first-order valence-electron chi connectivity index (χ1n) is 5.44. The van der Waals surface area contributed by atoms with E-state index in [-0.39, 0.29) is 0 Å². The summed E-state index contributed by atoms with van der Waals surface area (Å²) in [5.74, 6) is 0. The van der Waals surface area contributed by atoms with Gasteiger partial charge >= 0.3 is 0 Å². The molecule has 1 N–H and O–H groups in total. The predicted molar refractivity (Wildman–Crippen MR) is 61.2 cm³/mol. The number of aromatic amines is 1. The van der Waals surface area contributed by atoms with Crippen LogP contribution in [0.4, 0.5) is 0 Å². The van der Waals surface area contributed by atoms with Gasteiger partial charge in [-0.2, -0.15) is 0 Å². The lowest BCUT2D eigenvalue weighted by atomic mass is 10.1. The molecular formula is C11H18N2O3. The van der Waals surface area contributed by atoms with Gasteiger partial charge in [-0.1, -0.05) is 32.3 Å². The maximum absolute atomic E-state index is 8.25. The molecule has 0 aromatic carbocycles. The van der Waals surface area contributed by atoms with E-state index in [1.165, 1.54) is 37.8 Å². The van der Waals surface area contributed by atoms with Gasteiger partial charge in [-0.3, -0.25) is 0 Å². The molecule has 0 unspecified atom stereocenters. The lowest BCUT2D eigenvalue weighted by Crippen LogP contribution is -2.08. The number of rotatable bonds is 5. The normalized spacial score (nSPS) is 9.06. The first-order valence-corrected chi connectivity index (χ1v) is 5.44. The molecule has 16 heavy (non-hydrogen) atoms. The van der Waals surface area contributed by atoms with Crippen molar-refractivity contribution in [2.75, 3.05) is 0 Å². The Kier molecular flexibility index (Phi) is 8.87. The summed E-state index contributed by atoms with van der Waals surface area (Å²) in [6, 6.07) is 6.27. The molecular weight excluding hydrogens is 208 g/mol. The minimum atomic E-state index is -1.75. The van der Waals surface area contributed by atoms with Gasteiger partial charge in [0, 0.05) is 18.6 Å². The van der Waals surface area contributed by atoms with Gasteiger partial charge in [0.25, 0.3) is 0 Å². The SMILES string of the molecule is CCCCCCc1cccc[nH+]1.O=[N+]([O-])[O-]. The fraction of sp³-hybridized carbons (Fsp3) is 0.545. The molecule has 0 aliphatic carbocycles. The van der Waals surface area contributed by atoms with Gasteiger partial charge in [-0.15, -0.1) is 0 Å². The number of aromatic nitrogens is 1. The van der Waals surface area contributed by atoms with Crippen molar-refractivity contribution in [3.05, 3.63) is 45.4 Å². The van der Waals surface area contributed by atoms with Crippen molar-refractivity contribution in [1.29, 1.82) is 0 Å². The first-order chi connectivity index (χ1) is 7.66. The highest BCUT2D eigenvalue weighted by Gasteiger charge is 1.97. The molecule has 5 nitrogen and oxygen atoms in total. The van der Waals surface area contributed by atoms with E-state index in [0.29, 0.717) is 0 Å². The molecule has 0 radical (unpaired) electrons. The number of hydrogen-bond acceptors (Lipinski definition) is 3. The maximum atomic E-state index is 8.25. The highest BCUT2D eigenvalue weighted by Crippen LogP contribution is 2.02. The summed E-state index contributed by atoms with van der Waals surface area (Å²) >= 11 is 0. The minimum Gasteiger partial charge on any atom is -0.356 e. The molecule has 0 atom stereocenters. The van der Waals surface area contributed by atoms with E-state index in [0.717, 1.165) is 0 Å². The minimum absolute atomic E-state index is 1.20. The molecule has 0 aliphatic rings. The second-order valence-electron chi connectivity index (χ2n) is 3.42. The van der Waals surface area contributed by atoms with E-state index in [1.54, 1.807) is 0 Å². The Bertz CT molecular complexity index is 274. The Morgan fingerprint density at radius 3 is 2.44 bits per heavy atom. The van der Waals surface area contributed by atoms with Crippen LogP contribution >= 0.6 is 0 Å². The van der Waals surface area contributed by atoms with Crippen molar-refractivity contribution in [3.63, 3.8) is 0 Å². The summed E-state index contributed by atoms with van der Waals surface area (Å²) in [7, 11) is 0. The second kappa shape index (κ2) is 9.89. The lowest BCUT2D eigenvalue weighted by molar-refractivity contribution is -0.402. The molecule has 1 heterocycles. The van der Waals surface area contributed by atoms with E-state index in [9.17, 15) is 0 Å². The van der Waals surface area contributed by atoms with Gasteiger partial charge in [-0.05, 0) is 6.42 Å². The molecule has 0 aliphatic heterocycles. The van der Waals surface area contributed by atoms with Crippen LogP contribution in [0, 0.1) is 15.3 Å². The van der Waals surface area contributed by atoms with Crippen molar-refractivity contribution < 1.29 is 10.1 Å². The van der Waals surface area contributed by atoms with Crippen LogP contribution in [0.5, 0.6) is 0 Å². The van der Waals surface area contributed by atoms with E-state index in [4.69, 9.17) is 15.3 Å². The number of nitrogens with zero attached hydrogens (tertiary/aromatic N) is 1. The molecule has 0 amide bonds. The number of unbranched alkanes of at least 4 members (excludes halogenated alkanes) is 3. The maximum Gasteiger partial charge on any atom is 0.179 e. The van der Waals surface area contributed by atoms with Gasteiger partial charge in [0.15, 0.2) is 11.9 Å². The lowest BCUT2D eigenvalue weighted by Gasteiger charge is -1.94. The largest absolute Gasteiger partial charge is 0.356 e. The molecule has 5 heteroatoms. The zero-order chi connectivity index (χ0) is 12.2. The van der Waals surface area contributed by atoms with Crippen molar-refractivity contribution in [2.45, 2.75) is 39.0 Å². The Morgan fingerprint density at radius 2 is 1.94 bits per heavy atom. The number of hydrogen-bond donors (Lipinski definition) is 0. The third-order valence-corrected chi connectivity index (χ3v) is 2.07. The van der Waals surface area contributed by atoms with Gasteiger partial charge in [-0.25, -0.2) is 4.98 Å². The van der Waals surface area contributed by atoms with Crippen LogP contribution in [0.2, 0.25) is 0 Å². The van der Waals surface area contributed by atoms with E-state index in [2.05, 4.69) is 24.0 Å². The van der Waals surface area contributed by atoms with Crippen molar-refractivity contribution in [3.8, 4) is 0 Å². The van der Waals surface area contributed by atoms with Crippen LogP contribution in [-0.4, -0.2) is 5.09 Å². The molecule has 90 valence electrons. The van der Waals surface area contributed by atoms with Crippen molar-refractivity contribution in [1.82, 2.24) is 0 Å². The monoisotopic (exact) mass is 226 g/mol. The Hall–Kier alpha value is -1.65. The molecule has 0 saturated carbocycles. The van der Waals surface area contributed by atoms with Crippen LogP contribution < -0.4 is 4.98 Å². The molecule has 0 bridgehead atoms.